The number of nitrogens with zero attached hydrogens (tertiary/aromatic N) is 3. The van der Waals surface area contributed by atoms with E-state index in [4.69, 9.17) is 9.84 Å². The van der Waals surface area contributed by atoms with Crippen molar-refractivity contribution in [2.24, 2.45) is 7.05 Å². The second kappa shape index (κ2) is 4.97. The molecular formula is C12H15N3O2. The van der Waals surface area contributed by atoms with Gasteiger partial charge in [0.2, 0.25) is 0 Å². The molecule has 2 rings (SSSR count). The standard InChI is InChI=1S/C12H15N3O2/c1-9-13-14-12(15(9)2)8-17-11-6-4-3-5-10(11)7-16/h3-6,16H,7-8H2,1-2H3. The van der Waals surface area contributed by atoms with Crippen LogP contribution >= 0.6 is 0 Å². The maximum atomic E-state index is 9.16. The molecular weight excluding hydrogens is 218 g/mol. The van der Waals surface area contributed by atoms with Crippen LogP contribution in [0, 0.1) is 6.92 Å². The van der Waals surface area contributed by atoms with E-state index in [0.29, 0.717) is 12.4 Å². The Morgan fingerprint density at radius 3 is 2.71 bits per heavy atom. The van der Waals surface area contributed by atoms with Gasteiger partial charge in [0, 0.05) is 12.6 Å². The summed E-state index contributed by atoms with van der Waals surface area (Å²) in [6, 6.07) is 7.40. The summed E-state index contributed by atoms with van der Waals surface area (Å²) >= 11 is 0. The fraction of sp³-hybridized carbons (Fsp3) is 0.333. The minimum atomic E-state index is -0.0337. The summed E-state index contributed by atoms with van der Waals surface area (Å²) in [4.78, 5) is 0. The molecule has 0 bridgehead atoms. The van der Waals surface area contributed by atoms with Crippen LogP contribution < -0.4 is 4.74 Å². The topological polar surface area (TPSA) is 60.2 Å². The van der Waals surface area contributed by atoms with Gasteiger partial charge in [-0.1, -0.05) is 18.2 Å². The summed E-state index contributed by atoms with van der Waals surface area (Å²) in [6.45, 7) is 2.19. The molecule has 0 aliphatic rings. The van der Waals surface area contributed by atoms with Gasteiger partial charge < -0.3 is 14.4 Å². The van der Waals surface area contributed by atoms with Crippen molar-refractivity contribution in [1.29, 1.82) is 0 Å². The Bertz CT molecular complexity index is 508. The van der Waals surface area contributed by atoms with Crippen molar-refractivity contribution in [2.45, 2.75) is 20.1 Å². The molecule has 0 aliphatic carbocycles. The fourth-order valence-electron chi connectivity index (χ4n) is 1.49. The number of rotatable bonds is 4. The quantitative estimate of drug-likeness (QED) is 0.861. The monoisotopic (exact) mass is 233 g/mol. The van der Waals surface area contributed by atoms with Crippen molar-refractivity contribution >= 4 is 0 Å². The number of aliphatic hydroxyl groups is 1. The number of aryl methyl sites for hydroxylation is 1. The molecule has 0 fully saturated rings. The van der Waals surface area contributed by atoms with Crippen LogP contribution in [0.5, 0.6) is 5.75 Å². The third-order valence-electron chi connectivity index (χ3n) is 2.68. The highest BCUT2D eigenvalue weighted by molar-refractivity contribution is 5.32. The smallest absolute Gasteiger partial charge is 0.170 e. The Kier molecular flexibility index (Phi) is 3.39. The van der Waals surface area contributed by atoms with E-state index in [9.17, 15) is 0 Å². The number of para-hydroxylation sites is 1. The van der Waals surface area contributed by atoms with Crippen LogP contribution in [-0.4, -0.2) is 19.9 Å². The van der Waals surface area contributed by atoms with Gasteiger partial charge in [0.15, 0.2) is 5.82 Å². The van der Waals surface area contributed by atoms with Gasteiger partial charge in [-0.15, -0.1) is 10.2 Å². The van der Waals surface area contributed by atoms with Gasteiger partial charge in [-0.05, 0) is 13.0 Å². The average molecular weight is 233 g/mol. The minimum Gasteiger partial charge on any atom is -0.485 e. The molecule has 90 valence electrons. The molecule has 17 heavy (non-hydrogen) atoms. The van der Waals surface area contributed by atoms with Gasteiger partial charge in [-0.2, -0.15) is 0 Å². The van der Waals surface area contributed by atoms with Crippen molar-refractivity contribution < 1.29 is 9.84 Å². The van der Waals surface area contributed by atoms with E-state index in [1.165, 1.54) is 0 Å². The largest absolute Gasteiger partial charge is 0.485 e. The van der Waals surface area contributed by atoms with Crippen molar-refractivity contribution in [1.82, 2.24) is 14.8 Å². The van der Waals surface area contributed by atoms with E-state index in [-0.39, 0.29) is 6.61 Å². The van der Waals surface area contributed by atoms with Crippen molar-refractivity contribution in [3.05, 3.63) is 41.5 Å². The molecule has 5 nitrogen and oxygen atoms in total. The number of aliphatic hydroxyl groups excluding tert-OH is 1. The van der Waals surface area contributed by atoms with E-state index in [1.54, 1.807) is 0 Å². The Morgan fingerprint density at radius 1 is 1.29 bits per heavy atom. The Morgan fingerprint density at radius 2 is 2.06 bits per heavy atom. The molecule has 0 spiro atoms. The van der Waals surface area contributed by atoms with Gasteiger partial charge in [-0.3, -0.25) is 0 Å². The lowest BCUT2D eigenvalue weighted by atomic mass is 10.2. The molecule has 0 aliphatic heterocycles. The summed E-state index contributed by atoms with van der Waals surface area (Å²) in [5, 5.41) is 17.1. The highest BCUT2D eigenvalue weighted by Crippen LogP contribution is 2.18. The lowest BCUT2D eigenvalue weighted by molar-refractivity contribution is 0.254. The molecule has 0 atom stereocenters. The van der Waals surface area contributed by atoms with E-state index in [1.807, 2.05) is 42.8 Å². The van der Waals surface area contributed by atoms with Crippen LogP contribution in [0.25, 0.3) is 0 Å². The minimum absolute atomic E-state index is 0.0337. The molecule has 0 radical (unpaired) electrons. The highest BCUT2D eigenvalue weighted by Gasteiger charge is 2.07. The number of ether oxygens (including phenoxy) is 1. The Hall–Kier alpha value is -1.88. The molecule has 0 unspecified atom stereocenters. The highest BCUT2D eigenvalue weighted by atomic mass is 16.5. The zero-order valence-corrected chi connectivity index (χ0v) is 9.92. The maximum Gasteiger partial charge on any atom is 0.170 e. The van der Waals surface area contributed by atoms with Crippen molar-refractivity contribution in [2.75, 3.05) is 0 Å². The van der Waals surface area contributed by atoms with E-state index >= 15 is 0 Å². The first-order valence-corrected chi connectivity index (χ1v) is 5.39. The average Bonchev–Trinajstić information content (AvgIpc) is 2.68. The molecule has 1 N–H and O–H groups in total. The number of benzene rings is 1. The third-order valence-corrected chi connectivity index (χ3v) is 2.68. The number of hydrogen-bond donors (Lipinski definition) is 1. The second-order valence-corrected chi connectivity index (χ2v) is 3.78. The third kappa shape index (κ3) is 2.45. The molecule has 1 heterocycles. The van der Waals surface area contributed by atoms with Crippen LogP contribution in [0.4, 0.5) is 0 Å². The van der Waals surface area contributed by atoms with Crippen molar-refractivity contribution in [3.8, 4) is 5.75 Å². The first-order chi connectivity index (χ1) is 8.22. The molecule has 0 saturated carbocycles. The van der Waals surface area contributed by atoms with E-state index in [0.717, 1.165) is 17.2 Å². The van der Waals surface area contributed by atoms with Gasteiger partial charge in [0.1, 0.15) is 18.2 Å². The lowest BCUT2D eigenvalue weighted by Crippen LogP contribution is -2.05. The lowest BCUT2D eigenvalue weighted by Gasteiger charge is -2.09. The van der Waals surface area contributed by atoms with E-state index in [2.05, 4.69) is 10.2 Å². The summed E-state index contributed by atoms with van der Waals surface area (Å²) in [7, 11) is 1.89. The van der Waals surface area contributed by atoms with Gasteiger partial charge in [0.25, 0.3) is 0 Å². The zero-order chi connectivity index (χ0) is 12.3. The van der Waals surface area contributed by atoms with Crippen LogP contribution in [0.2, 0.25) is 0 Å². The SMILES string of the molecule is Cc1nnc(COc2ccccc2CO)n1C. The Balaban J connectivity index is 2.10. The van der Waals surface area contributed by atoms with Crippen molar-refractivity contribution in [3.63, 3.8) is 0 Å². The van der Waals surface area contributed by atoms with Gasteiger partial charge >= 0.3 is 0 Å². The number of hydrogen-bond acceptors (Lipinski definition) is 4. The molecule has 0 saturated heterocycles. The molecule has 0 amide bonds. The molecule has 1 aromatic carbocycles. The van der Waals surface area contributed by atoms with Gasteiger partial charge in [0.05, 0.1) is 6.61 Å². The van der Waals surface area contributed by atoms with Crippen LogP contribution in [0.15, 0.2) is 24.3 Å². The fourth-order valence-corrected chi connectivity index (χ4v) is 1.49. The zero-order valence-electron chi connectivity index (χ0n) is 9.92. The molecule has 1 aromatic heterocycles. The summed E-state index contributed by atoms with van der Waals surface area (Å²) in [5.41, 5.74) is 0.770. The van der Waals surface area contributed by atoms with Gasteiger partial charge in [-0.25, -0.2) is 0 Å². The molecule has 2 aromatic rings. The first-order valence-electron chi connectivity index (χ1n) is 5.39. The maximum absolute atomic E-state index is 9.16. The van der Waals surface area contributed by atoms with Crippen LogP contribution in [0.3, 0.4) is 0 Å². The first kappa shape index (κ1) is 11.6. The van der Waals surface area contributed by atoms with Crippen LogP contribution in [0.1, 0.15) is 17.2 Å². The Labute approximate surface area is 99.7 Å². The number of aromatic nitrogens is 3. The van der Waals surface area contributed by atoms with Crippen LogP contribution in [-0.2, 0) is 20.3 Å². The normalized spacial score (nSPS) is 10.5. The molecule has 5 heteroatoms. The van der Waals surface area contributed by atoms with E-state index < -0.39 is 0 Å². The predicted molar refractivity (Wildman–Crippen MR) is 62.4 cm³/mol. The summed E-state index contributed by atoms with van der Waals surface area (Å²) in [5.74, 6) is 2.28. The summed E-state index contributed by atoms with van der Waals surface area (Å²) < 4.78 is 7.50. The predicted octanol–water partition coefficient (Wildman–Crippen LogP) is 1.19. The second-order valence-electron chi connectivity index (χ2n) is 3.78. The summed E-state index contributed by atoms with van der Waals surface area (Å²) in [6.07, 6.45) is 0.